The molecule has 0 unspecified atom stereocenters. The first-order chi connectivity index (χ1) is 7.24. The minimum atomic E-state index is -1.09. The summed E-state index contributed by atoms with van der Waals surface area (Å²) < 4.78 is 11.0. The van der Waals surface area contributed by atoms with Crippen LogP contribution in [0.15, 0.2) is 12.3 Å². The van der Waals surface area contributed by atoms with Crippen molar-refractivity contribution in [1.29, 1.82) is 0 Å². The van der Waals surface area contributed by atoms with Crippen molar-refractivity contribution in [3.8, 4) is 0 Å². The monoisotopic (exact) mass is 227 g/mol. The highest BCUT2D eigenvalue weighted by molar-refractivity contribution is 6.46. The molecule has 0 saturated heterocycles. The average molecular weight is 227 g/mol. The van der Waals surface area contributed by atoms with E-state index in [4.69, 9.17) is 8.85 Å². The van der Waals surface area contributed by atoms with E-state index in [9.17, 15) is 0 Å². The van der Waals surface area contributed by atoms with Crippen LogP contribution in [0.25, 0.3) is 0 Å². The van der Waals surface area contributed by atoms with Gasteiger partial charge in [-0.2, -0.15) is 0 Å². The first kappa shape index (κ1) is 12.8. The summed E-state index contributed by atoms with van der Waals surface area (Å²) >= 11 is 0. The first-order valence-electron chi connectivity index (χ1n) is 5.98. The zero-order chi connectivity index (χ0) is 11.1. The second-order valence-electron chi connectivity index (χ2n) is 4.52. The lowest BCUT2D eigenvalue weighted by molar-refractivity contribution is 0.293. The van der Waals surface area contributed by atoms with Crippen LogP contribution >= 0.6 is 0 Å². The van der Waals surface area contributed by atoms with Crippen LogP contribution in [0.4, 0.5) is 0 Å². The lowest BCUT2D eigenvalue weighted by Gasteiger charge is -2.18. The topological polar surface area (TPSA) is 18.5 Å². The summed E-state index contributed by atoms with van der Waals surface area (Å²) in [7, 11) is 0.651. The van der Waals surface area contributed by atoms with Gasteiger partial charge in [-0.25, -0.2) is 0 Å². The Kier molecular flexibility index (Phi) is 6.02. The molecule has 0 aromatic rings. The third-order valence-electron chi connectivity index (χ3n) is 2.86. The molecule has 1 aliphatic rings. The molecule has 0 heterocycles. The van der Waals surface area contributed by atoms with Gasteiger partial charge >= 0.3 is 9.28 Å². The predicted octanol–water partition coefficient (Wildman–Crippen LogP) is 3.64. The van der Waals surface area contributed by atoms with E-state index in [2.05, 4.69) is 19.9 Å². The van der Waals surface area contributed by atoms with Crippen LogP contribution in [0.3, 0.4) is 0 Å². The number of hydrogen-bond donors (Lipinski definition) is 0. The minimum absolute atomic E-state index is 0.496. The van der Waals surface area contributed by atoms with Crippen molar-refractivity contribution in [1.82, 2.24) is 0 Å². The largest absolute Gasteiger partial charge is 0.525 e. The molecule has 0 spiro atoms. The Morgan fingerprint density at radius 2 is 1.87 bits per heavy atom. The Labute approximate surface area is 95.5 Å². The fourth-order valence-corrected chi connectivity index (χ4v) is 3.02. The Morgan fingerprint density at radius 1 is 1.20 bits per heavy atom. The third kappa shape index (κ3) is 4.84. The average Bonchev–Trinajstić information content (AvgIpc) is 2.25. The molecule has 1 radical (unpaired) electrons. The summed E-state index contributed by atoms with van der Waals surface area (Å²) in [4.78, 5) is 0. The summed E-state index contributed by atoms with van der Waals surface area (Å²) in [6.07, 6.45) is 10.9. The number of rotatable bonds is 5. The molecule has 3 heteroatoms. The Bertz CT molecular complexity index is 186. The summed E-state index contributed by atoms with van der Waals surface area (Å²) in [6, 6.07) is 0. The van der Waals surface area contributed by atoms with Gasteiger partial charge in [0.15, 0.2) is 0 Å². The van der Waals surface area contributed by atoms with Crippen molar-refractivity contribution >= 4 is 9.28 Å². The summed E-state index contributed by atoms with van der Waals surface area (Å²) in [5, 5.41) is 0. The van der Waals surface area contributed by atoms with Gasteiger partial charge in [0.05, 0.1) is 6.26 Å². The standard InChI is InChI=1S/C12H23O2Si/c1-11(2)15(13-3)14-10-9-12-7-5-4-6-8-12/h9-12H,4-8H2,1-3H3. The maximum Gasteiger partial charge on any atom is 0.460 e. The van der Waals surface area contributed by atoms with Crippen LogP contribution in [0.5, 0.6) is 0 Å². The van der Waals surface area contributed by atoms with Gasteiger partial charge in [0.1, 0.15) is 0 Å². The van der Waals surface area contributed by atoms with Gasteiger partial charge in [-0.3, -0.25) is 0 Å². The van der Waals surface area contributed by atoms with Gasteiger partial charge in [0.25, 0.3) is 0 Å². The van der Waals surface area contributed by atoms with Crippen molar-refractivity contribution in [3.63, 3.8) is 0 Å². The Hall–Kier alpha value is -0.283. The fourth-order valence-electron chi connectivity index (χ4n) is 1.96. The van der Waals surface area contributed by atoms with Crippen molar-refractivity contribution in [3.05, 3.63) is 12.3 Å². The van der Waals surface area contributed by atoms with Crippen LogP contribution in [0.2, 0.25) is 5.54 Å². The van der Waals surface area contributed by atoms with Gasteiger partial charge in [-0.1, -0.05) is 33.1 Å². The molecule has 1 fully saturated rings. The van der Waals surface area contributed by atoms with Crippen LogP contribution in [-0.2, 0) is 8.85 Å². The molecule has 0 bridgehead atoms. The summed E-state index contributed by atoms with van der Waals surface area (Å²) in [5.74, 6) is 0.742. The van der Waals surface area contributed by atoms with E-state index in [1.165, 1.54) is 32.1 Å². The molecule has 0 aromatic carbocycles. The van der Waals surface area contributed by atoms with E-state index in [0.717, 1.165) is 5.92 Å². The molecule has 0 amide bonds. The fraction of sp³-hybridized carbons (Fsp3) is 0.833. The van der Waals surface area contributed by atoms with Gasteiger partial charge in [0.2, 0.25) is 0 Å². The van der Waals surface area contributed by atoms with Gasteiger partial charge in [-0.15, -0.1) is 0 Å². The highest BCUT2D eigenvalue weighted by Crippen LogP contribution is 2.24. The SMILES string of the molecule is CO[Si](OC=CC1CCCCC1)C(C)C. The molecule has 87 valence electrons. The van der Waals surface area contributed by atoms with E-state index in [1.807, 2.05) is 6.26 Å². The van der Waals surface area contributed by atoms with E-state index in [0.29, 0.717) is 5.54 Å². The quantitative estimate of drug-likeness (QED) is 0.527. The maximum absolute atomic E-state index is 5.65. The Morgan fingerprint density at radius 3 is 2.40 bits per heavy atom. The highest BCUT2D eigenvalue weighted by Gasteiger charge is 2.19. The smallest absolute Gasteiger partial charge is 0.460 e. The molecule has 2 nitrogen and oxygen atoms in total. The molecular weight excluding hydrogens is 204 g/mol. The van der Waals surface area contributed by atoms with Gasteiger partial charge < -0.3 is 8.85 Å². The number of allylic oxidation sites excluding steroid dienone is 1. The van der Waals surface area contributed by atoms with Crippen LogP contribution in [0, 0.1) is 5.92 Å². The molecule has 0 aromatic heterocycles. The lowest BCUT2D eigenvalue weighted by atomic mass is 9.89. The first-order valence-corrected chi connectivity index (χ1v) is 7.37. The van der Waals surface area contributed by atoms with Crippen molar-refractivity contribution in [2.45, 2.75) is 51.5 Å². The van der Waals surface area contributed by atoms with E-state index < -0.39 is 9.28 Å². The Balaban J connectivity index is 2.24. The molecule has 0 N–H and O–H groups in total. The zero-order valence-electron chi connectivity index (χ0n) is 10.2. The summed E-state index contributed by atoms with van der Waals surface area (Å²) in [5.41, 5.74) is 0.496. The van der Waals surface area contributed by atoms with E-state index in [-0.39, 0.29) is 0 Å². The van der Waals surface area contributed by atoms with Crippen molar-refractivity contribution in [2.75, 3.05) is 7.11 Å². The molecule has 0 aliphatic heterocycles. The van der Waals surface area contributed by atoms with Gasteiger partial charge in [-0.05, 0) is 24.8 Å². The molecule has 1 saturated carbocycles. The predicted molar refractivity (Wildman–Crippen MR) is 64.7 cm³/mol. The van der Waals surface area contributed by atoms with Crippen molar-refractivity contribution in [2.24, 2.45) is 5.92 Å². The third-order valence-corrected chi connectivity index (χ3v) is 4.57. The van der Waals surface area contributed by atoms with Crippen LogP contribution in [0.1, 0.15) is 46.0 Å². The second kappa shape index (κ2) is 7.07. The van der Waals surface area contributed by atoms with E-state index >= 15 is 0 Å². The van der Waals surface area contributed by atoms with Crippen molar-refractivity contribution < 1.29 is 8.85 Å². The second-order valence-corrected chi connectivity index (χ2v) is 6.96. The minimum Gasteiger partial charge on any atom is -0.525 e. The molecular formula is C12H23O2Si. The maximum atomic E-state index is 5.65. The highest BCUT2D eigenvalue weighted by atomic mass is 28.3. The van der Waals surface area contributed by atoms with Crippen LogP contribution in [-0.4, -0.2) is 16.4 Å². The lowest BCUT2D eigenvalue weighted by Crippen LogP contribution is -2.22. The molecule has 1 rings (SSSR count). The van der Waals surface area contributed by atoms with Gasteiger partial charge in [0, 0.05) is 12.7 Å². The zero-order valence-corrected chi connectivity index (χ0v) is 11.2. The molecule has 1 aliphatic carbocycles. The van der Waals surface area contributed by atoms with E-state index in [1.54, 1.807) is 7.11 Å². The normalized spacial score (nSPS) is 19.3. The number of hydrogen-bond acceptors (Lipinski definition) is 2. The molecule has 0 atom stereocenters. The van der Waals surface area contributed by atoms with Crippen LogP contribution < -0.4 is 0 Å². The summed E-state index contributed by atoms with van der Waals surface area (Å²) in [6.45, 7) is 4.29. The molecule has 15 heavy (non-hydrogen) atoms.